The molecule has 0 saturated heterocycles. The highest BCUT2D eigenvalue weighted by Crippen LogP contribution is 2.37. The Morgan fingerprint density at radius 2 is 1.80 bits per heavy atom. The van der Waals surface area contributed by atoms with Crippen molar-refractivity contribution in [2.75, 3.05) is 0 Å². The largest absolute Gasteiger partial charge is 0.446 e. The lowest BCUT2D eigenvalue weighted by Crippen LogP contribution is -2.39. The molecule has 3 heteroatoms. The maximum atomic E-state index is 11.9. The molecule has 0 aromatic carbocycles. The van der Waals surface area contributed by atoms with Crippen molar-refractivity contribution in [3.63, 3.8) is 0 Å². The third kappa shape index (κ3) is 3.20. The van der Waals surface area contributed by atoms with Gasteiger partial charge in [-0.15, -0.1) is 0 Å². The zero-order chi connectivity index (χ0) is 11.5. The summed E-state index contributed by atoms with van der Waals surface area (Å²) in [5.41, 5.74) is 5.45. The summed E-state index contributed by atoms with van der Waals surface area (Å²) in [4.78, 5) is 11.9. The number of carbonyl (C=O) groups excluding carboxylic acids is 1. The minimum Gasteiger partial charge on any atom is -0.446 e. The van der Waals surface area contributed by atoms with Crippen molar-refractivity contribution in [3.05, 3.63) is 0 Å². The van der Waals surface area contributed by atoms with Gasteiger partial charge in [0.05, 0.1) is 5.41 Å². The van der Waals surface area contributed by atoms with Gasteiger partial charge in [-0.25, -0.2) is 0 Å². The third-order valence-electron chi connectivity index (χ3n) is 3.35. The van der Waals surface area contributed by atoms with Crippen LogP contribution in [0.5, 0.6) is 0 Å². The molecule has 0 bridgehead atoms. The Morgan fingerprint density at radius 1 is 1.27 bits per heavy atom. The van der Waals surface area contributed by atoms with Crippen LogP contribution in [0.2, 0.25) is 0 Å². The molecule has 1 aliphatic carbocycles. The van der Waals surface area contributed by atoms with Crippen LogP contribution in [0.15, 0.2) is 0 Å². The molecule has 0 aromatic rings. The summed E-state index contributed by atoms with van der Waals surface area (Å²) in [5, 5.41) is 0. The molecule has 1 saturated carbocycles. The minimum atomic E-state index is -0.462. The zero-order valence-electron chi connectivity index (χ0n) is 10.1. The predicted molar refractivity (Wildman–Crippen MR) is 60.1 cm³/mol. The Labute approximate surface area is 92.4 Å². The number of carbonyl (C=O) groups is 1. The fourth-order valence-corrected chi connectivity index (χ4v) is 1.94. The normalized spacial score (nSPS) is 22.5. The van der Waals surface area contributed by atoms with Crippen molar-refractivity contribution < 1.29 is 9.53 Å². The van der Waals surface area contributed by atoms with Crippen molar-refractivity contribution >= 4 is 5.97 Å². The van der Waals surface area contributed by atoms with Gasteiger partial charge < -0.3 is 4.74 Å². The highest BCUT2D eigenvalue weighted by molar-refractivity contribution is 5.76. The van der Waals surface area contributed by atoms with E-state index in [1.165, 1.54) is 6.42 Å². The molecule has 1 unspecified atom stereocenters. The van der Waals surface area contributed by atoms with Crippen LogP contribution in [-0.4, -0.2) is 12.2 Å². The molecular formula is C12H23NO2. The molecule has 0 aliphatic heterocycles. The highest BCUT2D eigenvalue weighted by atomic mass is 16.6. The first-order valence-corrected chi connectivity index (χ1v) is 5.92. The van der Waals surface area contributed by atoms with E-state index in [9.17, 15) is 4.79 Å². The van der Waals surface area contributed by atoms with Gasteiger partial charge in [0.1, 0.15) is 0 Å². The molecule has 0 amide bonds. The van der Waals surface area contributed by atoms with Crippen molar-refractivity contribution in [1.82, 2.24) is 0 Å². The monoisotopic (exact) mass is 213 g/mol. The van der Waals surface area contributed by atoms with Crippen molar-refractivity contribution in [2.24, 2.45) is 17.1 Å². The van der Waals surface area contributed by atoms with Gasteiger partial charge in [-0.05, 0) is 19.8 Å². The van der Waals surface area contributed by atoms with Gasteiger partial charge in [0.15, 0.2) is 6.23 Å². The van der Waals surface area contributed by atoms with Gasteiger partial charge in [0.25, 0.3) is 0 Å². The predicted octanol–water partition coefficient (Wildman–Crippen LogP) is 2.44. The SMILES string of the molecule is CC(C)C(N)OC(=O)C1(C)CCCCC1. The van der Waals surface area contributed by atoms with E-state index in [2.05, 4.69) is 0 Å². The summed E-state index contributed by atoms with van der Waals surface area (Å²) >= 11 is 0. The standard InChI is InChI=1S/C12H23NO2/c1-9(2)10(13)15-11(14)12(3)7-5-4-6-8-12/h9-10H,4-8,13H2,1-3H3. The minimum absolute atomic E-state index is 0.108. The smallest absolute Gasteiger partial charge is 0.313 e. The number of ether oxygens (including phenoxy) is 1. The van der Waals surface area contributed by atoms with Gasteiger partial charge >= 0.3 is 5.97 Å². The van der Waals surface area contributed by atoms with Crippen molar-refractivity contribution in [2.45, 2.75) is 59.1 Å². The second kappa shape index (κ2) is 4.97. The quantitative estimate of drug-likeness (QED) is 0.578. The van der Waals surface area contributed by atoms with Crippen LogP contribution < -0.4 is 5.73 Å². The number of rotatable bonds is 3. The van der Waals surface area contributed by atoms with Crippen LogP contribution >= 0.6 is 0 Å². The first-order chi connectivity index (χ1) is 6.96. The molecule has 0 heterocycles. The lowest BCUT2D eigenvalue weighted by Gasteiger charge is -2.32. The molecule has 1 aliphatic rings. The van der Waals surface area contributed by atoms with E-state index < -0.39 is 6.23 Å². The topological polar surface area (TPSA) is 52.3 Å². The van der Waals surface area contributed by atoms with Gasteiger partial charge in [-0.3, -0.25) is 10.5 Å². The van der Waals surface area contributed by atoms with E-state index in [1.54, 1.807) is 0 Å². The molecule has 3 nitrogen and oxygen atoms in total. The summed E-state index contributed by atoms with van der Waals surface area (Å²) in [7, 11) is 0. The summed E-state index contributed by atoms with van der Waals surface area (Å²) in [6.45, 7) is 5.92. The molecule has 0 spiro atoms. The molecule has 15 heavy (non-hydrogen) atoms. The van der Waals surface area contributed by atoms with Crippen LogP contribution in [0, 0.1) is 11.3 Å². The van der Waals surface area contributed by atoms with Crippen molar-refractivity contribution in [3.8, 4) is 0 Å². The Bertz CT molecular complexity index is 220. The Kier molecular flexibility index (Phi) is 4.14. The molecule has 0 aromatic heterocycles. The zero-order valence-corrected chi connectivity index (χ0v) is 10.1. The molecule has 0 radical (unpaired) electrons. The number of esters is 1. The van der Waals surface area contributed by atoms with Crippen LogP contribution in [-0.2, 0) is 9.53 Å². The Hall–Kier alpha value is -0.570. The molecular weight excluding hydrogens is 190 g/mol. The Morgan fingerprint density at radius 3 is 2.27 bits per heavy atom. The first-order valence-electron chi connectivity index (χ1n) is 5.92. The van der Waals surface area contributed by atoms with E-state index >= 15 is 0 Å². The average molecular weight is 213 g/mol. The number of hydrogen-bond acceptors (Lipinski definition) is 3. The molecule has 1 rings (SSSR count). The van der Waals surface area contributed by atoms with E-state index in [-0.39, 0.29) is 17.3 Å². The fourth-order valence-electron chi connectivity index (χ4n) is 1.94. The summed E-state index contributed by atoms with van der Waals surface area (Å²) in [6.07, 6.45) is 4.91. The van der Waals surface area contributed by atoms with E-state index in [0.717, 1.165) is 25.7 Å². The lowest BCUT2D eigenvalue weighted by atomic mass is 9.76. The second-order valence-corrected chi connectivity index (χ2v) is 5.24. The average Bonchev–Trinajstić information content (AvgIpc) is 2.18. The van der Waals surface area contributed by atoms with Gasteiger partial charge in [0, 0.05) is 5.92 Å². The lowest BCUT2D eigenvalue weighted by molar-refractivity contribution is -0.164. The molecule has 2 N–H and O–H groups in total. The van der Waals surface area contributed by atoms with E-state index in [1.807, 2.05) is 20.8 Å². The van der Waals surface area contributed by atoms with E-state index in [0.29, 0.717) is 0 Å². The number of hydrogen-bond donors (Lipinski definition) is 1. The van der Waals surface area contributed by atoms with Gasteiger partial charge in [-0.1, -0.05) is 33.1 Å². The van der Waals surface area contributed by atoms with Crippen LogP contribution in [0.1, 0.15) is 52.9 Å². The molecule has 88 valence electrons. The van der Waals surface area contributed by atoms with Crippen LogP contribution in [0.4, 0.5) is 0 Å². The second-order valence-electron chi connectivity index (χ2n) is 5.24. The maximum absolute atomic E-state index is 11.9. The maximum Gasteiger partial charge on any atom is 0.313 e. The third-order valence-corrected chi connectivity index (χ3v) is 3.35. The van der Waals surface area contributed by atoms with Crippen molar-refractivity contribution in [1.29, 1.82) is 0 Å². The summed E-state index contributed by atoms with van der Waals surface area (Å²) < 4.78 is 5.29. The molecule has 1 atom stereocenters. The first kappa shape index (κ1) is 12.5. The number of nitrogens with two attached hydrogens (primary N) is 1. The summed E-state index contributed by atoms with van der Waals surface area (Å²) in [6, 6.07) is 0. The Balaban J connectivity index is 2.51. The molecule has 1 fully saturated rings. The van der Waals surface area contributed by atoms with Gasteiger partial charge in [0.2, 0.25) is 0 Å². The van der Waals surface area contributed by atoms with Gasteiger partial charge in [-0.2, -0.15) is 0 Å². The van der Waals surface area contributed by atoms with E-state index in [4.69, 9.17) is 10.5 Å². The van der Waals surface area contributed by atoms with Crippen LogP contribution in [0.3, 0.4) is 0 Å². The highest BCUT2D eigenvalue weighted by Gasteiger charge is 2.37. The van der Waals surface area contributed by atoms with Crippen LogP contribution in [0.25, 0.3) is 0 Å². The fraction of sp³-hybridized carbons (Fsp3) is 0.917. The summed E-state index contributed by atoms with van der Waals surface area (Å²) in [5.74, 6) is 0.0736.